The van der Waals surface area contributed by atoms with Crippen molar-refractivity contribution in [2.24, 2.45) is 0 Å². The first kappa shape index (κ1) is 13.5. The fourth-order valence-corrected chi connectivity index (χ4v) is 3.16. The predicted octanol–water partition coefficient (Wildman–Crippen LogP) is 1.25. The molecule has 2 rings (SSSR count). The van der Waals surface area contributed by atoms with E-state index in [0.717, 1.165) is 24.3 Å². The minimum Gasteiger partial charge on any atom is -0.464 e. The second-order valence-electron chi connectivity index (χ2n) is 3.91. The van der Waals surface area contributed by atoms with Crippen LogP contribution in [-0.4, -0.2) is 43.3 Å². The zero-order valence-electron chi connectivity index (χ0n) is 10.1. The molecule has 0 radical (unpaired) electrons. The summed E-state index contributed by atoms with van der Waals surface area (Å²) in [5.41, 5.74) is 0. The maximum absolute atomic E-state index is 11.3. The lowest BCUT2D eigenvalue weighted by atomic mass is 10.2. The lowest BCUT2D eigenvalue weighted by Crippen LogP contribution is -2.30. The minimum atomic E-state index is -0.675. The van der Waals surface area contributed by atoms with Crippen molar-refractivity contribution in [3.63, 3.8) is 0 Å². The molecule has 2 heterocycles. The van der Waals surface area contributed by atoms with Gasteiger partial charge in [0.2, 0.25) is 11.2 Å². The molecule has 1 saturated heterocycles. The van der Waals surface area contributed by atoms with Crippen molar-refractivity contribution in [1.82, 2.24) is 15.0 Å². The molecule has 0 aliphatic carbocycles. The Labute approximate surface area is 113 Å². The second-order valence-corrected chi connectivity index (χ2v) is 5.94. The van der Waals surface area contributed by atoms with Gasteiger partial charge < -0.3 is 10.1 Å². The van der Waals surface area contributed by atoms with E-state index in [0.29, 0.717) is 12.6 Å². The van der Waals surface area contributed by atoms with Crippen LogP contribution in [0.2, 0.25) is 5.28 Å². The summed E-state index contributed by atoms with van der Waals surface area (Å²) in [6, 6.07) is 0.454. The van der Waals surface area contributed by atoms with Gasteiger partial charge in [0.25, 0.3) is 0 Å². The minimum absolute atomic E-state index is 0.107. The van der Waals surface area contributed by atoms with E-state index in [4.69, 9.17) is 16.3 Å². The number of rotatable bonds is 4. The van der Waals surface area contributed by atoms with E-state index in [1.165, 1.54) is 0 Å². The smallest absolute Gasteiger partial charge is 0.322 e. The molecule has 1 aromatic heterocycles. The van der Waals surface area contributed by atoms with Crippen LogP contribution < -0.4 is 10.1 Å². The zero-order valence-corrected chi connectivity index (χ0v) is 11.6. The highest BCUT2D eigenvalue weighted by Gasteiger charge is 2.19. The van der Waals surface area contributed by atoms with Crippen LogP contribution in [-0.2, 0) is 10.8 Å². The molecule has 18 heavy (non-hydrogen) atoms. The molecule has 1 N–H and O–H groups in total. The number of hydrogen-bond acceptors (Lipinski definition) is 6. The summed E-state index contributed by atoms with van der Waals surface area (Å²) in [5.74, 6) is 1.85. The Bertz CT molecular complexity index is 436. The summed E-state index contributed by atoms with van der Waals surface area (Å²) >= 11 is 5.80. The SMILES string of the molecule is CCOc1nc(Cl)nc(NC2CCS(=O)CC2)n1. The molecule has 0 bridgehead atoms. The van der Waals surface area contributed by atoms with Gasteiger partial charge in [0.15, 0.2) is 0 Å². The molecule has 1 aromatic rings. The summed E-state index contributed by atoms with van der Waals surface area (Å²) in [5, 5.41) is 3.29. The maximum atomic E-state index is 11.3. The summed E-state index contributed by atoms with van der Waals surface area (Å²) in [7, 11) is -0.675. The van der Waals surface area contributed by atoms with E-state index in [2.05, 4.69) is 20.3 Å². The van der Waals surface area contributed by atoms with Crippen molar-refractivity contribution in [1.29, 1.82) is 0 Å². The lowest BCUT2D eigenvalue weighted by molar-refractivity contribution is 0.312. The summed E-state index contributed by atoms with van der Waals surface area (Å²) in [4.78, 5) is 12.0. The van der Waals surface area contributed by atoms with Crippen molar-refractivity contribution >= 4 is 28.3 Å². The molecule has 6 nitrogen and oxygen atoms in total. The highest BCUT2D eigenvalue weighted by atomic mass is 35.5. The molecule has 0 amide bonds. The van der Waals surface area contributed by atoms with Crippen molar-refractivity contribution in [2.75, 3.05) is 23.4 Å². The molecular formula is C10H15ClN4O2S. The number of aromatic nitrogens is 3. The van der Waals surface area contributed by atoms with Crippen LogP contribution in [0.15, 0.2) is 0 Å². The van der Waals surface area contributed by atoms with Gasteiger partial charge in [-0.2, -0.15) is 15.0 Å². The number of anilines is 1. The molecule has 0 saturated carbocycles. The molecular weight excluding hydrogens is 276 g/mol. The highest BCUT2D eigenvalue weighted by Crippen LogP contribution is 2.16. The molecule has 100 valence electrons. The first-order valence-electron chi connectivity index (χ1n) is 5.83. The van der Waals surface area contributed by atoms with E-state index in [-0.39, 0.29) is 17.3 Å². The van der Waals surface area contributed by atoms with Gasteiger partial charge in [0, 0.05) is 28.3 Å². The number of hydrogen-bond donors (Lipinski definition) is 1. The monoisotopic (exact) mass is 290 g/mol. The normalized spacial score (nSPS) is 23.7. The van der Waals surface area contributed by atoms with Gasteiger partial charge in [-0.1, -0.05) is 0 Å². The van der Waals surface area contributed by atoms with Crippen LogP contribution in [0.4, 0.5) is 5.95 Å². The molecule has 0 atom stereocenters. The number of nitrogens with one attached hydrogen (secondary N) is 1. The van der Waals surface area contributed by atoms with Crippen LogP contribution in [0, 0.1) is 0 Å². The van der Waals surface area contributed by atoms with E-state index < -0.39 is 10.8 Å². The van der Waals surface area contributed by atoms with Crippen LogP contribution in [0.5, 0.6) is 6.01 Å². The molecule has 1 fully saturated rings. The molecule has 1 aliphatic rings. The van der Waals surface area contributed by atoms with E-state index >= 15 is 0 Å². The summed E-state index contributed by atoms with van der Waals surface area (Å²) in [6.45, 7) is 2.32. The fraction of sp³-hybridized carbons (Fsp3) is 0.700. The summed E-state index contributed by atoms with van der Waals surface area (Å²) in [6.07, 6.45) is 1.69. The first-order chi connectivity index (χ1) is 8.67. The fourth-order valence-electron chi connectivity index (χ4n) is 1.71. The lowest BCUT2D eigenvalue weighted by Gasteiger charge is -2.22. The van der Waals surface area contributed by atoms with Crippen LogP contribution in [0.25, 0.3) is 0 Å². The average Bonchev–Trinajstić information content (AvgIpc) is 2.32. The Balaban J connectivity index is 2.02. The first-order valence-corrected chi connectivity index (χ1v) is 7.70. The van der Waals surface area contributed by atoms with Crippen molar-refractivity contribution in [2.45, 2.75) is 25.8 Å². The topological polar surface area (TPSA) is 77.0 Å². The highest BCUT2D eigenvalue weighted by molar-refractivity contribution is 7.85. The Kier molecular flexibility index (Phi) is 4.71. The van der Waals surface area contributed by atoms with Gasteiger partial charge in [-0.3, -0.25) is 4.21 Å². The van der Waals surface area contributed by atoms with Crippen molar-refractivity contribution in [3.05, 3.63) is 5.28 Å². The van der Waals surface area contributed by atoms with Gasteiger partial charge >= 0.3 is 6.01 Å². The molecule has 0 spiro atoms. The van der Waals surface area contributed by atoms with Crippen LogP contribution in [0.3, 0.4) is 0 Å². The number of ether oxygens (including phenoxy) is 1. The van der Waals surface area contributed by atoms with E-state index in [1.54, 1.807) is 0 Å². The zero-order chi connectivity index (χ0) is 13.0. The summed E-state index contributed by atoms with van der Waals surface area (Å²) < 4.78 is 16.5. The molecule has 0 unspecified atom stereocenters. The third kappa shape index (κ3) is 3.78. The maximum Gasteiger partial charge on any atom is 0.322 e. The third-order valence-electron chi connectivity index (χ3n) is 2.58. The van der Waals surface area contributed by atoms with E-state index in [1.807, 2.05) is 6.92 Å². The number of halogens is 1. The Morgan fingerprint density at radius 1 is 1.39 bits per heavy atom. The standard InChI is InChI=1S/C10H15ClN4O2S/c1-2-17-10-14-8(11)13-9(15-10)12-7-3-5-18(16)6-4-7/h7H,2-6H2,1H3,(H,12,13,14,15). The van der Waals surface area contributed by atoms with Crippen molar-refractivity contribution in [3.8, 4) is 6.01 Å². The quantitative estimate of drug-likeness (QED) is 0.899. The Hall–Kier alpha value is -0.950. The predicted molar refractivity (Wildman–Crippen MR) is 70.5 cm³/mol. The Morgan fingerprint density at radius 3 is 2.78 bits per heavy atom. The van der Waals surface area contributed by atoms with Gasteiger partial charge in [-0.25, -0.2) is 0 Å². The van der Waals surface area contributed by atoms with Crippen LogP contribution in [0.1, 0.15) is 19.8 Å². The van der Waals surface area contributed by atoms with Crippen molar-refractivity contribution < 1.29 is 8.95 Å². The number of nitrogens with zero attached hydrogens (tertiary/aromatic N) is 3. The average molecular weight is 291 g/mol. The van der Waals surface area contributed by atoms with Gasteiger partial charge in [-0.05, 0) is 31.4 Å². The Morgan fingerprint density at radius 2 is 2.11 bits per heavy atom. The van der Waals surface area contributed by atoms with Gasteiger partial charge in [0.05, 0.1) is 6.61 Å². The third-order valence-corrected chi connectivity index (χ3v) is 4.13. The second kappa shape index (κ2) is 6.29. The molecule has 8 heteroatoms. The largest absolute Gasteiger partial charge is 0.464 e. The molecule has 1 aliphatic heterocycles. The van der Waals surface area contributed by atoms with Gasteiger partial charge in [-0.15, -0.1) is 0 Å². The van der Waals surface area contributed by atoms with Crippen LogP contribution >= 0.6 is 11.6 Å². The van der Waals surface area contributed by atoms with Gasteiger partial charge in [0.1, 0.15) is 0 Å². The molecule has 0 aromatic carbocycles. The van der Waals surface area contributed by atoms with E-state index in [9.17, 15) is 4.21 Å².